The number of nitrogens with zero attached hydrogens (tertiary/aromatic N) is 3. The van der Waals surface area contributed by atoms with Gasteiger partial charge >= 0.3 is 0 Å². The number of carbonyl (C=O) groups is 2. The lowest BCUT2D eigenvalue weighted by Crippen LogP contribution is -2.59. The number of pyridine rings is 1. The SMILES string of the molecule is Cc1ccnc(C(=O)N2CCC3(CC2)CN(c2ccccc2)C(=O)CO3)c1. The van der Waals surface area contributed by atoms with E-state index < -0.39 is 0 Å². The Morgan fingerprint density at radius 1 is 1.15 bits per heavy atom. The summed E-state index contributed by atoms with van der Waals surface area (Å²) in [5.41, 5.74) is 2.01. The summed E-state index contributed by atoms with van der Waals surface area (Å²) in [4.78, 5) is 32.9. The molecule has 0 atom stereocenters. The molecule has 140 valence electrons. The van der Waals surface area contributed by atoms with Crippen molar-refractivity contribution in [2.45, 2.75) is 25.4 Å². The van der Waals surface area contributed by atoms with Crippen molar-refractivity contribution in [2.75, 3.05) is 31.1 Å². The molecule has 1 aromatic heterocycles. The largest absolute Gasteiger partial charge is 0.363 e. The van der Waals surface area contributed by atoms with Crippen molar-refractivity contribution in [3.05, 3.63) is 59.9 Å². The lowest BCUT2D eigenvalue weighted by atomic mass is 9.89. The van der Waals surface area contributed by atoms with Crippen LogP contribution < -0.4 is 4.90 Å². The van der Waals surface area contributed by atoms with Crippen LogP contribution >= 0.6 is 0 Å². The first-order valence-electron chi connectivity index (χ1n) is 9.28. The number of morpholine rings is 1. The van der Waals surface area contributed by atoms with Crippen LogP contribution in [0, 0.1) is 6.92 Å². The van der Waals surface area contributed by atoms with Crippen LogP contribution in [0.2, 0.25) is 0 Å². The smallest absolute Gasteiger partial charge is 0.272 e. The van der Waals surface area contributed by atoms with E-state index >= 15 is 0 Å². The van der Waals surface area contributed by atoms with Crippen molar-refractivity contribution >= 4 is 17.5 Å². The Balaban J connectivity index is 1.45. The molecule has 27 heavy (non-hydrogen) atoms. The average molecular weight is 365 g/mol. The predicted molar refractivity (Wildman–Crippen MR) is 102 cm³/mol. The highest BCUT2D eigenvalue weighted by molar-refractivity contribution is 5.95. The van der Waals surface area contributed by atoms with E-state index in [-0.39, 0.29) is 24.0 Å². The number of anilines is 1. The number of amides is 2. The Labute approximate surface area is 158 Å². The molecule has 0 bridgehead atoms. The maximum atomic E-state index is 12.7. The summed E-state index contributed by atoms with van der Waals surface area (Å²) < 4.78 is 5.98. The molecule has 0 N–H and O–H groups in total. The number of ether oxygens (including phenoxy) is 1. The summed E-state index contributed by atoms with van der Waals surface area (Å²) >= 11 is 0. The van der Waals surface area contributed by atoms with E-state index in [2.05, 4.69) is 4.98 Å². The molecule has 2 aliphatic rings. The maximum absolute atomic E-state index is 12.7. The molecular weight excluding hydrogens is 342 g/mol. The first-order chi connectivity index (χ1) is 13.1. The zero-order valence-corrected chi connectivity index (χ0v) is 15.4. The number of hydrogen-bond acceptors (Lipinski definition) is 4. The fourth-order valence-electron chi connectivity index (χ4n) is 3.79. The van der Waals surface area contributed by atoms with Gasteiger partial charge in [-0.3, -0.25) is 14.6 Å². The van der Waals surface area contributed by atoms with Gasteiger partial charge in [-0.05, 0) is 49.6 Å². The number of hydrogen-bond donors (Lipinski definition) is 0. The minimum Gasteiger partial charge on any atom is -0.363 e. The summed E-state index contributed by atoms with van der Waals surface area (Å²) in [6, 6.07) is 13.4. The Morgan fingerprint density at radius 2 is 1.89 bits per heavy atom. The quantitative estimate of drug-likeness (QED) is 0.820. The van der Waals surface area contributed by atoms with Crippen molar-refractivity contribution < 1.29 is 14.3 Å². The highest BCUT2D eigenvalue weighted by atomic mass is 16.5. The molecule has 6 heteroatoms. The van der Waals surface area contributed by atoms with Crippen LogP contribution in [-0.2, 0) is 9.53 Å². The normalized spacial score (nSPS) is 19.4. The zero-order chi connectivity index (χ0) is 18.9. The Morgan fingerprint density at radius 3 is 2.59 bits per heavy atom. The highest BCUT2D eigenvalue weighted by Gasteiger charge is 2.43. The molecule has 2 fully saturated rings. The second-order valence-electron chi connectivity index (χ2n) is 7.30. The number of likely N-dealkylation sites (tertiary alicyclic amines) is 1. The summed E-state index contributed by atoms with van der Waals surface area (Å²) in [5.74, 6) is -0.0605. The molecule has 4 rings (SSSR count). The van der Waals surface area contributed by atoms with Gasteiger partial charge < -0.3 is 14.5 Å². The Hall–Kier alpha value is -2.73. The van der Waals surface area contributed by atoms with E-state index in [0.717, 1.165) is 11.3 Å². The summed E-state index contributed by atoms with van der Waals surface area (Å²) in [5, 5.41) is 0. The van der Waals surface area contributed by atoms with Gasteiger partial charge in [-0.15, -0.1) is 0 Å². The van der Waals surface area contributed by atoms with Crippen LogP contribution in [0.25, 0.3) is 0 Å². The van der Waals surface area contributed by atoms with Crippen LogP contribution in [0.4, 0.5) is 5.69 Å². The van der Waals surface area contributed by atoms with Gasteiger partial charge in [-0.25, -0.2) is 0 Å². The van der Waals surface area contributed by atoms with Gasteiger partial charge in [0.25, 0.3) is 11.8 Å². The number of benzene rings is 1. The molecule has 0 aliphatic carbocycles. The van der Waals surface area contributed by atoms with E-state index in [4.69, 9.17) is 4.74 Å². The predicted octanol–water partition coefficient (Wildman–Crippen LogP) is 2.43. The van der Waals surface area contributed by atoms with Crippen molar-refractivity contribution in [2.24, 2.45) is 0 Å². The van der Waals surface area contributed by atoms with Gasteiger partial charge in [0.05, 0.1) is 12.1 Å². The highest BCUT2D eigenvalue weighted by Crippen LogP contribution is 2.33. The van der Waals surface area contributed by atoms with Gasteiger partial charge in [-0.1, -0.05) is 18.2 Å². The third-order valence-electron chi connectivity index (χ3n) is 5.41. The van der Waals surface area contributed by atoms with Gasteiger partial charge in [-0.2, -0.15) is 0 Å². The van der Waals surface area contributed by atoms with Crippen LogP contribution in [-0.4, -0.2) is 53.5 Å². The number of aryl methyl sites for hydroxylation is 1. The van der Waals surface area contributed by atoms with Crippen molar-refractivity contribution in [3.63, 3.8) is 0 Å². The molecule has 3 heterocycles. The number of piperidine rings is 1. The number of carbonyl (C=O) groups excluding carboxylic acids is 2. The molecule has 0 radical (unpaired) electrons. The van der Waals surface area contributed by atoms with Gasteiger partial charge in [0.1, 0.15) is 12.3 Å². The number of aromatic nitrogens is 1. The third-order valence-corrected chi connectivity index (χ3v) is 5.41. The van der Waals surface area contributed by atoms with Gasteiger partial charge in [0.15, 0.2) is 0 Å². The van der Waals surface area contributed by atoms with E-state index in [9.17, 15) is 9.59 Å². The summed E-state index contributed by atoms with van der Waals surface area (Å²) in [7, 11) is 0. The van der Waals surface area contributed by atoms with E-state index in [1.165, 1.54) is 0 Å². The molecule has 6 nitrogen and oxygen atoms in total. The number of para-hydroxylation sites is 1. The molecule has 2 aromatic rings. The molecule has 0 unspecified atom stereocenters. The monoisotopic (exact) mass is 365 g/mol. The second kappa shape index (κ2) is 7.12. The zero-order valence-electron chi connectivity index (χ0n) is 15.4. The van der Waals surface area contributed by atoms with Crippen LogP contribution in [0.3, 0.4) is 0 Å². The molecule has 1 aromatic carbocycles. The topological polar surface area (TPSA) is 62.7 Å². The summed E-state index contributed by atoms with van der Waals surface area (Å²) in [6.07, 6.45) is 3.09. The summed E-state index contributed by atoms with van der Waals surface area (Å²) in [6.45, 7) is 3.77. The second-order valence-corrected chi connectivity index (χ2v) is 7.30. The van der Waals surface area contributed by atoms with E-state index in [0.29, 0.717) is 38.2 Å². The minimum absolute atomic E-state index is 0.0192. The molecule has 0 saturated carbocycles. The third kappa shape index (κ3) is 3.57. The first-order valence-corrected chi connectivity index (χ1v) is 9.28. The van der Waals surface area contributed by atoms with Crippen molar-refractivity contribution in [3.8, 4) is 0 Å². The molecule has 2 amide bonds. The van der Waals surface area contributed by atoms with E-state index in [1.807, 2.05) is 59.2 Å². The number of rotatable bonds is 2. The molecule has 2 saturated heterocycles. The minimum atomic E-state index is -0.388. The van der Waals surface area contributed by atoms with Crippen LogP contribution in [0.15, 0.2) is 48.7 Å². The van der Waals surface area contributed by atoms with Crippen LogP contribution in [0.1, 0.15) is 28.9 Å². The molecular formula is C21H23N3O3. The van der Waals surface area contributed by atoms with Crippen molar-refractivity contribution in [1.82, 2.24) is 9.88 Å². The van der Waals surface area contributed by atoms with E-state index in [1.54, 1.807) is 6.20 Å². The maximum Gasteiger partial charge on any atom is 0.272 e. The fourth-order valence-corrected chi connectivity index (χ4v) is 3.79. The molecule has 2 aliphatic heterocycles. The fraction of sp³-hybridized carbons (Fsp3) is 0.381. The van der Waals surface area contributed by atoms with Gasteiger partial charge in [0.2, 0.25) is 0 Å². The van der Waals surface area contributed by atoms with Crippen LogP contribution in [0.5, 0.6) is 0 Å². The first kappa shape index (κ1) is 17.7. The standard InChI is InChI=1S/C21H23N3O3/c1-16-7-10-22-18(13-16)20(26)23-11-8-21(9-12-23)15-24(19(25)14-27-21)17-5-3-2-4-6-17/h2-7,10,13H,8-9,11-12,14-15H2,1H3. The lowest BCUT2D eigenvalue weighted by Gasteiger charge is -2.46. The average Bonchev–Trinajstić information content (AvgIpc) is 2.71. The lowest BCUT2D eigenvalue weighted by molar-refractivity contribution is -0.143. The Bertz CT molecular complexity index is 845. The van der Waals surface area contributed by atoms with Crippen molar-refractivity contribution in [1.29, 1.82) is 0 Å². The molecule has 1 spiro atoms. The van der Waals surface area contributed by atoms with Gasteiger partial charge in [0, 0.05) is 25.0 Å². The Kier molecular flexibility index (Phi) is 4.66.